The molecule has 3 rings (SSSR count). The monoisotopic (exact) mass is 458 g/mol. The van der Waals surface area contributed by atoms with E-state index >= 15 is 0 Å². The van der Waals surface area contributed by atoms with Crippen molar-refractivity contribution in [2.24, 2.45) is 0 Å². The van der Waals surface area contributed by atoms with E-state index in [1.54, 1.807) is 36.4 Å². The first-order valence-corrected chi connectivity index (χ1v) is 10.4. The number of hydrogen-bond acceptors (Lipinski definition) is 6. The van der Waals surface area contributed by atoms with Crippen LogP contribution in [0.1, 0.15) is 38.9 Å². The molecule has 0 saturated heterocycles. The van der Waals surface area contributed by atoms with Gasteiger partial charge in [0.2, 0.25) is 5.91 Å². The molecule has 0 aliphatic heterocycles. The molecular formula is C21H19ClN4O4S. The van der Waals surface area contributed by atoms with Crippen LogP contribution >= 0.6 is 22.9 Å². The van der Waals surface area contributed by atoms with Gasteiger partial charge in [-0.1, -0.05) is 23.7 Å². The Kier molecular flexibility index (Phi) is 7.22. The predicted molar refractivity (Wildman–Crippen MR) is 118 cm³/mol. The van der Waals surface area contributed by atoms with Crippen LogP contribution < -0.4 is 20.9 Å². The number of amides is 3. The molecule has 0 aliphatic rings. The molecule has 160 valence electrons. The SMILES string of the molecule is CC(=O)Nc1nc(C(=O)NNC(=O)c2ccc(COc3ccc(Cl)c(C)c3)cc2)cs1. The summed E-state index contributed by atoms with van der Waals surface area (Å²) in [7, 11) is 0. The largest absolute Gasteiger partial charge is 0.489 e. The molecule has 1 heterocycles. The molecule has 8 nitrogen and oxygen atoms in total. The lowest BCUT2D eigenvalue weighted by Crippen LogP contribution is -2.41. The van der Waals surface area contributed by atoms with Gasteiger partial charge in [0.05, 0.1) is 0 Å². The molecule has 0 radical (unpaired) electrons. The van der Waals surface area contributed by atoms with Crippen molar-refractivity contribution in [3.63, 3.8) is 0 Å². The maximum absolute atomic E-state index is 12.2. The first kappa shape index (κ1) is 22.3. The lowest BCUT2D eigenvalue weighted by Gasteiger charge is -2.09. The molecule has 0 fully saturated rings. The Hall–Kier alpha value is -3.43. The molecule has 0 spiro atoms. The molecule has 0 aliphatic carbocycles. The molecular weight excluding hydrogens is 440 g/mol. The van der Waals surface area contributed by atoms with Gasteiger partial charge in [0, 0.05) is 22.9 Å². The van der Waals surface area contributed by atoms with E-state index in [0.29, 0.717) is 28.1 Å². The minimum absolute atomic E-state index is 0.0824. The highest BCUT2D eigenvalue weighted by molar-refractivity contribution is 7.14. The van der Waals surface area contributed by atoms with Crippen molar-refractivity contribution >= 4 is 45.8 Å². The number of anilines is 1. The van der Waals surface area contributed by atoms with Gasteiger partial charge in [-0.15, -0.1) is 11.3 Å². The van der Waals surface area contributed by atoms with Crippen molar-refractivity contribution in [1.29, 1.82) is 0 Å². The van der Waals surface area contributed by atoms with E-state index in [9.17, 15) is 14.4 Å². The lowest BCUT2D eigenvalue weighted by molar-refractivity contribution is -0.114. The summed E-state index contributed by atoms with van der Waals surface area (Å²) in [6.07, 6.45) is 0. The molecule has 0 atom stereocenters. The summed E-state index contributed by atoms with van der Waals surface area (Å²) in [5, 5.41) is 4.94. The Morgan fingerprint density at radius 3 is 2.45 bits per heavy atom. The first-order valence-electron chi connectivity index (χ1n) is 9.13. The van der Waals surface area contributed by atoms with Gasteiger partial charge in [0.25, 0.3) is 11.8 Å². The number of hydrogen-bond donors (Lipinski definition) is 3. The normalized spacial score (nSPS) is 10.3. The van der Waals surface area contributed by atoms with Crippen LogP contribution in [0.3, 0.4) is 0 Å². The van der Waals surface area contributed by atoms with E-state index < -0.39 is 11.8 Å². The smallest absolute Gasteiger partial charge is 0.289 e. The van der Waals surface area contributed by atoms with Crippen LogP contribution in [0.2, 0.25) is 5.02 Å². The Morgan fingerprint density at radius 2 is 1.77 bits per heavy atom. The number of carbonyl (C=O) groups excluding carboxylic acids is 3. The quantitative estimate of drug-likeness (QED) is 0.488. The third-order valence-corrected chi connectivity index (χ3v) is 5.24. The summed E-state index contributed by atoms with van der Waals surface area (Å²) in [5.41, 5.74) is 6.87. The minimum atomic E-state index is -0.593. The van der Waals surface area contributed by atoms with E-state index in [1.807, 2.05) is 13.0 Å². The zero-order valence-corrected chi connectivity index (χ0v) is 18.3. The van der Waals surface area contributed by atoms with Gasteiger partial charge >= 0.3 is 0 Å². The predicted octanol–water partition coefficient (Wildman–Crippen LogP) is 3.72. The number of nitrogens with zero attached hydrogens (tertiary/aromatic N) is 1. The Balaban J connectivity index is 1.50. The van der Waals surface area contributed by atoms with Gasteiger partial charge in [0.15, 0.2) is 5.13 Å². The number of benzene rings is 2. The Bertz CT molecular complexity index is 1110. The van der Waals surface area contributed by atoms with Crippen molar-refractivity contribution in [2.75, 3.05) is 5.32 Å². The number of rotatable bonds is 6. The van der Waals surface area contributed by atoms with Crippen molar-refractivity contribution in [3.8, 4) is 5.75 Å². The summed E-state index contributed by atoms with van der Waals surface area (Å²) in [5.74, 6) is -0.655. The van der Waals surface area contributed by atoms with Crippen LogP contribution in [-0.4, -0.2) is 22.7 Å². The van der Waals surface area contributed by atoms with Gasteiger partial charge in [-0.3, -0.25) is 25.2 Å². The van der Waals surface area contributed by atoms with Gasteiger partial charge in [-0.2, -0.15) is 0 Å². The second kappa shape index (κ2) is 10.1. The fourth-order valence-electron chi connectivity index (χ4n) is 2.46. The molecule has 2 aromatic carbocycles. The van der Waals surface area contributed by atoms with Crippen molar-refractivity contribution in [3.05, 3.63) is 75.3 Å². The Morgan fingerprint density at radius 1 is 1.06 bits per heavy atom. The van der Waals surface area contributed by atoms with E-state index in [1.165, 1.54) is 12.3 Å². The van der Waals surface area contributed by atoms with E-state index in [2.05, 4.69) is 21.2 Å². The third kappa shape index (κ3) is 6.27. The first-order chi connectivity index (χ1) is 14.8. The van der Waals surface area contributed by atoms with Gasteiger partial charge in [0.1, 0.15) is 18.1 Å². The number of aryl methyl sites for hydroxylation is 1. The molecule has 3 N–H and O–H groups in total. The van der Waals surface area contributed by atoms with Crippen LogP contribution in [0, 0.1) is 6.92 Å². The molecule has 0 saturated carbocycles. The summed E-state index contributed by atoms with van der Waals surface area (Å²) >= 11 is 7.11. The fourth-order valence-corrected chi connectivity index (χ4v) is 3.32. The highest BCUT2D eigenvalue weighted by Crippen LogP contribution is 2.22. The van der Waals surface area contributed by atoms with Crippen molar-refractivity contribution < 1.29 is 19.1 Å². The average molecular weight is 459 g/mol. The van der Waals surface area contributed by atoms with Crippen LogP contribution in [0.15, 0.2) is 47.8 Å². The number of ether oxygens (including phenoxy) is 1. The molecule has 10 heteroatoms. The number of aromatic nitrogens is 1. The van der Waals surface area contributed by atoms with Crippen LogP contribution in [0.4, 0.5) is 5.13 Å². The maximum Gasteiger partial charge on any atom is 0.289 e. The van der Waals surface area contributed by atoms with Crippen molar-refractivity contribution in [1.82, 2.24) is 15.8 Å². The molecule has 1 aromatic heterocycles. The number of hydrazine groups is 1. The maximum atomic E-state index is 12.2. The number of carbonyl (C=O) groups is 3. The highest BCUT2D eigenvalue weighted by Gasteiger charge is 2.13. The Labute approximate surface area is 187 Å². The van der Waals surface area contributed by atoms with Crippen LogP contribution in [0.25, 0.3) is 0 Å². The highest BCUT2D eigenvalue weighted by atomic mass is 35.5. The lowest BCUT2D eigenvalue weighted by atomic mass is 10.1. The second-order valence-electron chi connectivity index (χ2n) is 6.52. The standard InChI is InChI=1S/C21H19ClN4O4S/c1-12-9-16(7-8-17(12)22)30-10-14-3-5-15(6-4-14)19(28)25-26-20(29)18-11-31-21(24-18)23-13(2)27/h3-9,11H,10H2,1-2H3,(H,25,28)(H,26,29)(H,23,24,27). The molecule has 3 amide bonds. The van der Waals surface area contributed by atoms with Gasteiger partial charge in [-0.25, -0.2) is 4.98 Å². The number of nitrogens with one attached hydrogen (secondary N) is 3. The van der Waals surface area contributed by atoms with E-state index in [-0.39, 0.29) is 11.6 Å². The summed E-state index contributed by atoms with van der Waals surface area (Å²) in [6.45, 7) is 3.58. The molecule has 3 aromatic rings. The third-order valence-electron chi connectivity index (χ3n) is 4.06. The van der Waals surface area contributed by atoms with Crippen molar-refractivity contribution in [2.45, 2.75) is 20.5 Å². The minimum Gasteiger partial charge on any atom is -0.489 e. The molecule has 0 bridgehead atoms. The molecule has 0 unspecified atom stereocenters. The van der Waals surface area contributed by atoms with Gasteiger partial charge in [-0.05, 0) is 48.4 Å². The summed E-state index contributed by atoms with van der Waals surface area (Å²) in [6, 6.07) is 12.2. The number of thiazole rings is 1. The average Bonchev–Trinajstić information content (AvgIpc) is 3.21. The van der Waals surface area contributed by atoms with E-state index in [0.717, 1.165) is 22.5 Å². The van der Waals surface area contributed by atoms with Gasteiger partial charge < -0.3 is 10.1 Å². The fraction of sp³-hybridized carbons (Fsp3) is 0.143. The zero-order chi connectivity index (χ0) is 22.4. The topological polar surface area (TPSA) is 109 Å². The van der Waals surface area contributed by atoms with Crippen LogP contribution in [-0.2, 0) is 11.4 Å². The number of halogens is 1. The van der Waals surface area contributed by atoms with E-state index in [4.69, 9.17) is 16.3 Å². The molecule has 31 heavy (non-hydrogen) atoms. The summed E-state index contributed by atoms with van der Waals surface area (Å²) in [4.78, 5) is 39.3. The second-order valence-corrected chi connectivity index (χ2v) is 7.79. The summed E-state index contributed by atoms with van der Waals surface area (Å²) < 4.78 is 5.73. The zero-order valence-electron chi connectivity index (χ0n) is 16.7. The van der Waals surface area contributed by atoms with Crippen LogP contribution in [0.5, 0.6) is 5.75 Å².